The Morgan fingerprint density at radius 2 is 1.76 bits per heavy atom. The van der Waals surface area contributed by atoms with Crippen LogP contribution in [0.4, 0.5) is 5.69 Å². The molecular weight excluding hydrogens is 344 g/mol. The summed E-state index contributed by atoms with van der Waals surface area (Å²) in [6.45, 7) is 0. The van der Waals surface area contributed by atoms with Gasteiger partial charge in [-0.05, 0) is 30.3 Å². The molecule has 0 fully saturated rings. The number of anilines is 1. The van der Waals surface area contributed by atoms with Crippen molar-refractivity contribution in [1.29, 1.82) is 0 Å². The van der Waals surface area contributed by atoms with E-state index in [-0.39, 0.29) is 22.2 Å². The van der Waals surface area contributed by atoms with E-state index in [1.807, 2.05) is 0 Å². The van der Waals surface area contributed by atoms with Crippen LogP contribution in [-0.2, 0) is 10.0 Å². The lowest BCUT2D eigenvalue weighted by Crippen LogP contribution is -2.22. The number of nitrogens with zero attached hydrogens (tertiary/aromatic N) is 1. The third-order valence-corrected chi connectivity index (χ3v) is 4.83. The maximum atomic E-state index is 12.7. The molecule has 0 aliphatic heterocycles. The standard InChI is InChI=1S/C17H20N2O5S/c1-19(2)17(20)12-6-5-7-13(10-12)18-25(21,22)16-11-14(23-3)8-9-15(16)24-4/h5-11,18H,1-4H3. The van der Waals surface area contributed by atoms with Crippen LogP contribution in [0.1, 0.15) is 10.4 Å². The van der Waals surface area contributed by atoms with E-state index in [0.29, 0.717) is 11.3 Å². The zero-order chi connectivity index (χ0) is 18.6. The lowest BCUT2D eigenvalue weighted by molar-refractivity contribution is 0.0827. The summed E-state index contributed by atoms with van der Waals surface area (Å²) in [5, 5.41) is 0. The van der Waals surface area contributed by atoms with Gasteiger partial charge in [-0.1, -0.05) is 6.07 Å². The van der Waals surface area contributed by atoms with Gasteiger partial charge in [-0.25, -0.2) is 8.42 Å². The van der Waals surface area contributed by atoms with Crippen molar-refractivity contribution >= 4 is 21.6 Å². The molecule has 25 heavy (non-hydrogen) atoms. The predicted octanol–water partition coefficient (Wildman–Crippen LogP) is 2.21. The summed E-state index contributed by atoms with van der Waals surface area (Å²) in [4.78, 5) is 13.4. The SMILES string of the molecule is COc1ccc(OC)c(S(=O)(=O)Nc2cccc(C(=O)N(C)C)c2)c1. The van der Waals surface area contributed by atoms with E-state index >= 15 is 0 Å². The summed E-state index contributed by atoms with van der Waals surface area (Å²) in [7, 11) is 2.15. The highest BCUT2D eigenvalue weighted by Gasteiger charge is 2.21. The minimum atomic E-state index is -3.93. The van der Waals surface area contributed by atoms with Gasteiger partial charge in [-0.3, -0.25) is 9.52 Å². The number of carbonyl (C=O) groups excluding carboxylic acids is 1. The van der Waals surface area contributed by atoms with Crippen molar-refractivity contribution in [3.05, 3.63) is 48.0 Å². The molecule has 0 aromatic heterocycles. The summed E-state index contributed by atoms with van der Waals surface area (Å²) in [5.41, 5.74) is 0.653. The fraction of sp³-hybridized carbons (Fsp3) is 0.235. The van der Waals surface area contributed by atoms with Crippen molar-refractivity contribution in [1.82, 2.24) is 4.90 Å². The van der Waals surface area contributed by atoms with Crippen LogP contribution in [0, 0.1) is 0 Å². The Hall–Kier alpha value is -2.74. The molecule has 0 saturated carbocycles. The van der Waals surface area contributed by atoms with Gasteiger partial charge in [0.25, 0.3) is 15.9 Å². The number of nitrogens with one attached hydrogen (secondary N) is 1. The highest BCUT2D eigenvalue weighted by molar-refractivity contribution is 7.92. The number of hydrogen-bond donors (Lipinski definition) is 1. The molecule has 0 spiro atoms. The number of ether oxygens (including phenoxy) is 2. The van der Waals surface area contributed by atoms with E-state index < -0.39 is 10.0 Å². The number of hydrogen-bond acceptors (Lipinski definition) is 5. The Morgan fingerprint density at radius 3 is 2.36 bits per heavy atom. The Bertz CT molecular complexity index is 878. The van der Waals surface area contributed by atoms with Crippen LogP contribution in [0.5, 0.6) is 11.5 Å². The molecule has 134 valence electrons. The van der Waals surface area contributed by atoms with Crippen LogP contribution >= 0.6 is 0 Å². The minimum Gasteiger partial charge on any atom is -0.497 e. The van der Waals surface area contributed by atoms with Crippen LogP contribution in [0.2, 0.25) is 0 Å². The number of methoxy groups -OCH3 is 2. The fourth-order valence-electron chi connectivity index (χ4n) is 2.18. The van der Waals surface area contributed by atoms with E-state index in [9.17, 15) is 13.2 Å². The Balaban J connectivity index is 2.40. The first kappa shape index (κ1) is 18.6. The molecule has 0 unspecified atom stereocenters. The van der Waals surface area contributed by atoms with Gasteiger partial charge in [0, 0.05) is 31.4 Å². The van der Waals surface area contributed by atoms with Crippen LogP contribution in [0.3, 0.4) is 0 Å². The molecule has 1 N–H and O–H groups in total. The lowest BCUT2D eigenvalue weighted by atomic mass is 10.2. The predicted molar refractivity (Wildman–Crippen MR) is 94.8 cm³/mol. The molecule has 2 aromatic carbocycles. The van der Waals surface area contributed by atoms with Gasteiger partial charge in [0.1, 0.15) is 16.4 Å². The number of amides is 1. The molecule has 1 amide bonds. The van der Waals surface area contributed by atoms with Gasteiger partial charge in [-0.15, -0.1) is 0 Å². The van der Waals surface area contributed by atoms with E-state index in [1.165, 1.54) is 37.3 Å². The van der Waals surface area contributed by atoms with Crippen LogP contribution in [0.25, 0.3) is 0 Å². The van der Waals surface area contributed by atoms with Gasteiger partial charge < -0.3 is 14.4 Å². The van der Waals surface area contributed by atoms with Crippen LogP contribution < -0.4 is 14.2 Å². The van der Waals surface area contributed by atoms with Gasteiger partial charge in [0.2, 0.25) is 0 Å². The van der Waals surface area contributed by atoms with Gasteiger partial charge in [-0.2, -0.15) is 0 Å². The van der Waals surface area contributed by atoms with Gasteiger partial charge >= 0.3 is 0 Å². The van der Waals surface area contributed by atoms with E-state index in [0.717, 1.165) is 0 Å². The van der Waals surface area contributed by atoms with Crippen LogP contribution in [-0.4, -0.2) is 47.5 Å². The molecule has 2 rings (SSSR count). The van der Waals surface area contributed by atoms with Gasteiger partial charge in [0.15, 0.2) is 0 Å². The van der Waals surface area contributed by atoms with Crippen molar-refractivity contribution in [3.63, 3.8) is 0 Å². The highest BCUT2D eigenvalue weighted by Crippen LogP contribution is 2.29. The minimum absolute atomic E-state index is 0.0568. The second-order valence-corrected chi connectivity index (χ2v) is 7.05. The van der Waals surface area contributed by atoms with Gasteiger partial charge in [0.05, 0.1) is 14.2 Å². The molecule has 0 aliphatic rings. The molecule has 0 heterocycles. The summed E-state index contributed by atoms with van der Waals surface area (Å²) >= 11 is 0. The molecule has 8 heteroatoms. The summed E-state index contributed by atoms with van der Waals surface area (Å²) in [5.74, 6) is 0.353. The third kappa shape index (κ3) is 4.21. The van der Waals surface area contributed by atoms with E-state index in [4.69, 9.17) is 9.47 Å². The number of sulfonamides is 1. The summed E-state index contributed by atoms with van der Waals surface area (Å²) in [6.07, 6.45) is 0. The lowest BCUT2D eigenvalue weighted by Gasteiger charge is -2.14. The average Bonchev–Trinajstić information content (AvgIpc) is 2.60. The quantitative estimate of drug-likeness (QED) is 0.849. The van der Waals surface area contributed by atoms with Crippen molar-refractivity contribution < 1.29 is 22.7 Å². The molecule has 0 atom stereocenters. The number of carbonyl (C=O) groups is 1. The second-order valence-electron chi connectivity index (χ2n) is 5.40. The number of benzene rings is 2. The third-order valence-electron chi connectivity index (χ3n) is 3.43. The summed E-state index contributed by atoms with van der Waals surface area (Å²) < 4.78 is 38.1. The Morgan fingerprint density at radius 1 is 1.04 bits per heavy atom. The Kier molecular flexibility index (Phi) is 5.53. The van der Waals surface area contributed by atoms with Crippen LogP contribution in [0.15, 0.2) is 47.4 Å². The van der Waals surface area contributed by atoms with Crippen molar-refractivity contribution in [2.24, 2.45) is 0 Å². The first-order valence-corrected chi connectivity index (χ1v) is 8.83. The number of rotatable bonds is 6. The van der Waals surface area contributed by atoms with E-state index in [2.05, 4.69) is 4.72 Å². The molecule has 2 aromatic rings. The maximum Gasteiger partial charge on any atom is 0.265 e. The average molecular weight is 364 g/mol. The maximum absolute atomic E-state index is 12.7. The molecular formula is C17H20N2O5S. The molecule has 0 radical (unpaired) electrons. The monoisotopic (exact) mass is 364 g/mol. The zero-order valence-electron chi connectivity index (χ0n) is 14.4. The highest BCUT2D eigenvalue weighted by atomic mass is 32.2. The normalized spacial score (nSPS) is 10.9. The fourth-order valence-corrected chi connectivity index (χ4v) is 3.41. The van der Waals surface area contributed by atoms with Crippen molar-refractivity contribution in [3.8, 4) is 11.5 Å². The first-order valence-electron chi connectivity index (χ1n) is 7.35. The molecule has 0 saturated heterocycles. The molecule has 0 bridgehead atoms. The zero-order valence-corrected chi connectivity index (χ0v) is 15.3. The second kappa shape index (κ2) is 7.43. The topological polar surface area (TPSA) is 84.9 Å². The van der Waals surface area contributed by atoms with Crippen molar-refractivity contribution in [2.75, 3.05) is 33.0 Å². The first-order chi connectivity index (χ1) is 11.8. The smallest absolute Gasteiger partial charge is 0.265 e. The Labute approximate surface area is 147 Å². The summed E-state index contributed by atoms with van der Waals surface area (Å²) in [6, 6.07) is 10.8. The van der Waals surface area contributed by atoms with E-state index in [1.54, 1.807) is 38.4 Å². The van der Waals surface area contributed by atoms with Crippen molar-refractivity contribution in [2.45, 2.75) is 4.90 Å². The largest absolute Gasteiger partial charge is 0.497 e. The molecule has 7 nitrogen and oxygen atoms in total. The molecule has 0 aliphatic carbocycles.